The van der Waals surface area contributed by atoms with E-state index in [0.29, 0.717) is 35.4 Å². The fourth-order valence-electron chi connectivity index (χ4n) is 4.62. The lowest BCUT2D eigenvalue weighted by Crippen LogP contribution is -2.38. The molecule has 0 aliphatic carbocycles. The monoisotopic (exact) mass is 471 g/mol. The SMILES string of the molecule is COC(=O)c1cccc(NC(=O)c2cnn3c(=O)c4c(n(C)c23)CCN(Cc2ccccc2)C4)c1. The van der Waals surface area contributed by atoms with Crippen LogP contribution in [0, 0.1) is 0 Å². The van der Waals surface area contributed by atoms with Gasteiger partial charge in [0.05, 0.1) is 24.4 Å². The number of esters is 1. The lowest BCUT2D eigenvalue weighted by atomic mass is 10.1. The smallest absolute Gasteiger partial charge is 0.337 e. The topological polar surface area (TPSA) is 97.9 Å². The molecule has 35 heavy (non-hydrogen) atoms. The van der Waals surface area contributed by atoms with Crippen LogP contribution in [-0.2, 0) is 31.3 Å². The van der Waals surface area contributed by atoms with Crippen LogP contribution in [0.15, 0.2) is 65.6 Å². The fraction of sp³-hybridized carbons (Fsp3) is 0.231. The number of carbonyl (C=O) groups is 2. The highest BCUT2D eigenvalue weighted by Crippen LogP contribution is 2.22. The lowest BCUT2D eigenvalue weighted by molar-refractivity contribution is 0.0600. The Morgan fingerprint density at radius 3 is 2.69 bits per heavy atom. The summed E-state index contributed by atoms with van der Waals surface area (Å²) in [6, 6.07) is 16.7. The van der Waals surface area contributed by atoms with Crippen LogP contribution in [0.4, 0.5) is 5.69 Å². The largest absolute Gasteiger partial charge is 0.465 e. The third kappa shape index (κ3) is 4.22. The predicted molar refractivity (Wildman–Crippen MR) is 130 cm³/mol. The average molecular weight is 472 g/mol. The Bertz CT molecular complexity index is 1490. The van der Waals surface area contributed by atoms with Crippen LogP contribution in [0.1, 0.15) is 37.5 Å². The molecule has 1 amide bonds. The van der Waals surface area contributed by atoms with Crippen molar-refractivity contribution < 1.29 is 14.3 Å². The minimum Gasteiger partial charge on any atom is -0.465 e. The van der Waals surface area contributed by atoms with E-state index in [0.717, 1.165) is 18.8 Å². The normalized spacial score (nSPS) is 13.4. The van der Waals surface area contributed by atoms with Gasteiger partial charge in [0.1, 0.15) is 5.56 Å². The molecule has 5 rings (SSSR count). The molecular formula is C26H25N5O4. The summed E-state index contributed by atoms with van der Waals surface area (Å²) in [4.78, 5) is 40.5. The van der Waals surface area contributed by atoms with Gasteiger partial charge in [-0.25, -0.2) is 4.79 Å². The van der Waals surface area contributed by atoms with Gasteiger partial charge in [-0.1, -0.05) is 36.4 Å². The minimum atomic E-state index is -0.493. The average Bonchev–Trinajstić information content (AvgIpc) is 3.33. The van der Waals surface area contributed by atoms with Crippen molar-refractivity contribution in [3.63, 3.8) is 0 Å². The summed E-state index contributed by atoms with van der Waals surface area (Å²) in [5.74, 6) is -0.911. The molecule has 0 saturated carbocycles. The Kier molecular flexibility index (Phi) is 5.92. The number of ether oxygens (including phenoxy) is 1. The van der Waals surface area contributed by atoms with E-state index in [2.05, 4.69) is 27.4 Å². The molecule has 0 bridgehead atoms. The predicted octanol–water partition coefficient (Wildman–Crippen LogP) is 2.63. The Balaban J connectivity index is 1.45. The first-order valence-corrected chi connectivity index (χ1v) is 11.3. The van der Waals surface area contributed by atoms with Gasteiger partial charge in [0, 0.05) is 44.5 Å². The molecule has 0 atom stereocenters. The third-order valence-electron chi connectivity index (χ3n) is 6.35. The Hall–Kier alpha value is -4.24. The van der Waals surface area contributed by atoms with Crippen LogP contribution in [-0.4, -0.2) is 44.6 Å². The van der Waals surface area contributed by atoms with Crippen molar-refractivity contribution in [1.29, 1.82) is 0 Å². The first kappa shape index (κ1) is 22.5. The molecule has 2 aromatic carbocycles. The molecule has 9 heteroatoms. The molecule has 1 N–H and O–H groups in total. The number of methoxy groups -OCH3 is 1. The fourth-order valence-corrected chi connectivity index (χ4v) is 4.62. The van der Waals surface area contributed by atoms with Gasteiger partial charge in [-0.3, -0.25) is 14.5 Å². The first-order chi connectivity index (χ1) is 17.0. The molecule has 0 saturated heterocycles. The summed E-state index contributed by atoms with van der Waals surface area (Å²) in [6.07, 6.45) is 2.10. The molecule has 178 valence electrons. The van der Waals surface area contributed by atoms with Gasteiger partial charge in [-0.05, 0) is 23.8 Å². The van der Waals surface area contributed by atoms with E-state index in [9.17, 15) is 14.4 Å². The number of aromatic nitrogens is 3. The van der Waals surface area contributed by atoms with Crippen LogP contribution in [0.2, 0.25) is 0 Å². The number of anilines is 1. The van der Waals surface area contributed by atoms with Crippen molar-refractivity contribution in [3.8, 4) is 0 Å². The minimum absolute atomic E-state index is 0.211. The number of aryl methyl sites for hydroxylation is 1. The van der Waals surface area contributed by atoms with Gasteiger partial charge in [0.2, 0.25) is 0 Å². The lowest BCUT2D eigenvalue weighted by Gasteiger charge is -2.29. The van der Waals surface area contributed by atoms with Crippen molar-refractivity contribution in [2.75, 3.05) is 19.0 Å². The van der Waals surface area contributed by atoms with E-state index >= 15 is 0 Å². The van der Waals surface area contributed by atoms with Crippen LogP contribution in [0.3, 0.4) is 0 Å². The maximum Gasteiger partial charge on any atom is 0.337 e. The highest BCUT2D eigenvalue weighted by molar-refractivity contribution is 6.08. The quantitative estimate of drug-likeness (QED) is 0.450. The second kappa shape index (κ2) is 9.19. The first-order valence-electron chi connectivity index (χ1n) is 11.3. The van der Waals surface area contributed by atoms with Gasteiger partial charge in [0.25, 0.3) is 11.5 Å². The number of rotatable bonds is 5. The zero-order chi connectivity index (χ0) is 24.5. The molecule has 2 aromatic heterocycles. The van der Waals surface area contributed by atoms with Gasteiger partial charge in [-0.2, -0.15) is 9.61 Å². The Labute approximate surface area is 201 Å². The van der Waals surface area contributed by atoms with Crippen LogP contribution < -0.4 is 10.9 Å². The Morgan fingerprint density at radius 1 is 1.11 bits per heavy atom. The molecule has 0 unspecified atom stereocenters. The van der Waals surface area contributed by atoms with E-state index in [1.54, 1.807) is 18.2 Å². The molecule has 0 spiro atoms. The van der Waals surface area contributed by atoms with Crippen LogP contribution in [0.5, 0.6) is 0 Å². The van der Waals surface area contributed by atoms with Crippen molar-refractivity contribution >= 4 is 23.2 Å². The van der Waals surface area contributed by atoms with Crippen molar-refractivity contribution in [2.24, 2.45) is 7.05 Å². The molecule has 0 radical (unpaired) electrons. The van der Waals surface area contributed by atoms with Gasteiger partial charge in [0.15, 0.2) is 5.65 Å². The second-order valence-corrected chi connectivity index (χ2v) is 8.56. The maximum atomic E-state index is 13.3. The number of carbonyl (C=O) groups excluding carboxylic acids is 2. The van der Waals surface area contributed by atoms with Crippen molar-refractivity contribution in [1.82, 2.24) is 19.1 Å². The third-order valence-corrected chi connectivity index (χ3v) is 6.35. The number of hydrogen-bond donors (Lipinski definition) is 1. The number of nitrogens with zero attached hydrogens (tertiary/aromatic N) is 4. The van der Waals surface area contributed by atoms with E-state index in [4.69, 9.17) is 4.74 Å². The Morgan fingerprint density at radius 2 is 1.91 bits per heavy atom. The highest BCUT2D eigenvalue weighted by Gasteiger charge is 2.26. The number of hydrogen-bond acceptors (Lipinski definition) is 6. The summed E-state index contributed by atoms with van der Waals surface area (Å²) >= 11 is 0. The molecule has 9 nitrogen and oxygen atoms in total. The summed E-state index contributed by atoms with van der Waals surface area (Å²) in [5.41, 5.74) is 4.08. The van der Waals surface area contributed by atoms with Gasteiger partial charge in [-0.15, -0.1) is 0 Å². The highest BCUT2D eigenvalue weighted by atomic mass is 16.5. The zero-order valence-corrected chi connectivity index (χ0v) is 19.5. The molecular weight excluding hydrogens is 446 g/mol. The van der Waals surface area contributed by atoms with Crippen molar-refractivity contribution in [2.45, 2.75) is 19.5 Å². The second-order valence-electron chi connectivity index (χ2n) is 8.56. The standard InChI is InChI=1S/C26H25N5O4/c1-29-22-11-12-30(15-17-7-4-3-5-8-17)16-21(22)25(33)31-24(29)20(14-27-31)23(32)28-19-10-6-9-18(13-19)26(34)35-2/h3-10,13-14H,11-12,15-16H2,1-2H3,(H,28,32). The number of fused-ring (bicyclic) bond motifs is 2. The molecule has 4 aromatic rings. The molecule has 1 aliphatic heterocycles. The summed E-state index contributed by atoms with van der Waals surface area (Å²) in [5, 5.41) is 7.04. The number of amides is 1. The van der Waals surface area contributed by atoms with Gasteiger partial charge >= 0.3 is 5.97 Å². The summed E-state index contributed by atoms with van der Waals surface area (Å²) < 4.78 is 7.93. The van der Waals surface area contributed by atoms with E-state index in [1.807, 2.05) is 29.8 Å². The molecule has 1 aliphatic rings. The van der Waals surface area contributed by atoms with E-state index in [1.165, 1.54) is 29.5 Å². The van der Waals surface area contributed by atoms with E-state index < -0.39 is 11.9 Å². The number of benzene rings is 2. The van der Waals surface area contributed by atoms with Gasteiger partial charge < -0.3 is 14.6 Å². The van der Waals surface area contributed by atoms with Crippen LogP contribution >= 0.6 is 0 Å². The zero-order valence-electron chi connectivity index (χ0n) is 19.5. The molecule has 0 fully saturated rings. The van der Waals surface area contributed by atoms with E-state index in [-0.39, 0.29) is 11.1 Å². The van der Waals surface area contributed by atoms with Crippen LogP contribution in [0.25, 0.3) is 5.65 Å². The molecule has 3 heterocycles. The maximum absolute atomic E-state index is 13.3. The summed E-state index contributed by atoms with van der Waals surface area (Å²) in [7, 11) is 3.16. The van der Waals surface area contributed by atoms with Crippen molar-refractivity contribution in [3.05, 3.63) is 99.1 Å². The summed E-state index contributed by atoms with van der Waals surface area (Å²) in [6.45, 7) is 2.09. The number of nitrogens with one attached hydrogen (secondary N) is 1.